The molecule has 0 saturated heterocycles. The van der Waals surface area contributed by atoms with Gasteiger partial charge in [0.15, 0.2) is 5.75 Å². The van der Waals surface area contributed by atoms with Crippen LogP contribution in [0.2, 0.25) is 10.0 Å². The summed E-state index contributed by atoms with van der Waals surface area (Å²) in [5.74, 6) is -0.0843. The van der Waals surface area contributed by atoms with Gasteiger partial charge in [0.1, 0.15) is 0 Å². The number of rotatable bonds is 1. The lowest BCUT2D eigenvalue weighted by Crippen LogP contribution is -1.75. The molecule has 0 aliphatic rings. The van der Waals surface area contributed by atoms with Gasteiger partial charge in [0, 0.05) is 0 Å². The molecular formula is C8H6Cl2O. The third-order valence-electron chi connectivity index (χ3n) is 1.27. The second-order valence-corrected chi connectivity index (χ2v) is 2.85. The predicted octanol–water partition coefficient (Wildman–Crippen LogP) is 3.34. The topological polar surface area (TPSA) is 20.2 Å². The van der Waals surface area contributed by atoms with Crippen LogP contribution in [0.15, 0.2) is 18.7 Å². The zero-order chi connectivity index (χ0) is 8.43. The van der Waals surface area contributed by atoms with Crippen molar-refractivity contribution in [3.05, 3.63) is 34.3 Å². The van der Waals surface area contributed by atoms with E-state index in [9.17, 15) is 0 Å². The van der Waals surface area contributed by atoms with E-state index in [0.29, 0.717) is 0 Å². The van der Waals surface area contributed by atoms with Gasteiger partial charge in [0.05, 0.1) is 10.0 Å². The van der Waals surface area contributed by atoms with E-state index >= 15 is 0 Å². The fourth-order valence-electron chi connectivity index (χ4n) is 0.703. The second-order valence-electron chi connectivity index (χ2n) is 2.04. The number of halogens is 2. The predicted molar refractivity (Wildman–Crippen MR) is 48.2 cm³/mol. The summed E-state index contributed by atoms with van der Waals surface area (Å²) in [6.45, 7) is 3.54. The highest BCUT2D eigenvalue weighted by Gasteiger charge is 2.03. The van der Waals surface area contributed by atoms with Crippen molar-refractivity contribution >= 4 is 29.3 Å². The van der Waals surface area contributed by atoms with E-state index in [0.717, 1.165) is 5.56 Å². The Morgan fingerprint density at radius 2 is 1.73 bits per heavy atom. The first-order valence-electron chi connectivity index (χ1n) is 2.95. The monoisotopic (exact) mass is 188 g/mol. The molecule has 0 aliphatic carbocycles. The zero-order valence-electron chi connectivity index (χ0n) is 5.64. The first-order valence-corrected chi connectivity index (χ1v) is 3.71. The Hall–Kier alpha value is -0.660. The van der Waals surface area contributed by atoms with Gasteiger partial charge in [-0.3, -0.25) is 0 Å². The summed E-state index contributed by atoms with van der Waals surface area (Å²) in [7, 11) is 0. The summed E-state index contributed by atoms with van der Waals surface area (Å²) < 4.78 is 0. The average molecular weight is 189 g/mol. The minimum Gasteiger partial charge on any atom is -0.505 e. The number of phenols is 1. The summed E-state index contributed by atoms with van der Waals surface area (Å²) >= 11 is 11.2. The molecular weight excluding hydrogens is 183 g/mol. The average Bonchev–Trinajstić information content (AvgIpc) is 1.99. The van der Waals surface area contributed by atoms with Crippen molar-refractivity contribution in [3.8, 4) is 5.75 Å². The van der Waals surface area contributed by atoms with Gasteiger partial charge in [0.25, 0.3) is 0 Å². The van der Waals surface area contributed by atoms with E-state index in [2.05, 4.69) is 6.58 Å². The van der Waals surface area contributed by atoms with Crippen molar-refractivity contribution in [2.45, 2.75) is 0 Å². The minimum absolute atomic E-state index is 0.0843. The lowest BCUT2D eigenvalue weighted by Gasteiger charge is -2.00. The van der Waals surface area contributed by atoms with Crippen LogP contribution in [0, 0.1) is 0 Å². The molecule has 1 rings (SSSR count). The quantitative estimate of drug-likeness (QED) is 0.718. The Morgan fingerprint density at radius 3 is 2.09 bits per heavy atom. The smallest absolute Gasteiger partial charge is 0.152 e. The normalized spacial score (nSPS) is 9.64. The van der Waals surface area contributed by atoms with Crippen molar-refractivity contribution < 1.29 is 5.11 Å². The molecule has 0 saturated carbocycles. The largest absolute Gasteiger partial charge is 0.505 e. The maximum absolute atomic E-state index is 9.13. The molecule has 58 valence electrons. The standard InChI is InChI=1S/C8H6Cl2O/c1-2-5-3-6(9)8(11)7(10)4-5/h2-4,11H,1H2. The Bertz CT molecular complexity index is 271. The number of benzene rings is 1. The van der Waals surface area contributed by atoms with Gasteiger partial charge < -0.3 is 5.11 Å². The van der Waals surface area contributed by atoms with E-state index in [1.54, 1.807) is 18.2 Å². The van der Waals surface area contributed by atoms with Crippen LogP contribution in [0.3, 0.4) is 0 Å². The highest BCUT2D eigenvalue weighted by molar-refractivity contribution is 6.37. The van der Waals surface area contributed by atoms with Crippen molar-refractivity contribution in [1.29, 1.82) is 0 Å². The van der Waals surface area contributed by atoms with E-state index < -0.39 is 0 Å². The molecule has 1 aromatic carbocycles. The molecule has 1 aromatic rings. The van der Waals surface area contributed by atoms with Gasteiger partial charge in [-0.1, -0.05) is 35.9 Å². The lowest BCUT2D eigenvalue weighted by molar-refractivity contribution is 0.476. The van der Waals surface area contributed by atoms with E-state index in [1.807, 2.05) is 0 Å². The zero-order valence-corrected chi connectivity index (χ0v) is 7.15. The molecule has 0 bridgehead atoms. The molecule has 0 unspecified atom stereocenters. The van der Waals surface area contributed by atoms with Crippen molar-refractivity contribution in [2.24, 2.45) is 0 Å². The summed E-state index contributed by atoms with van der Waals surface area (Å²) in [5, 5.41) is 9.61. The van der Waals surface area contributed by atoms with Crippen LogP contribution >= 0.6 is 23.2 Å². The molecule has 3 heteroatoms. The summed E-state index contributed by atoms with van der Waals surface area (Å²) in [5.41, 5.74) is 0.790. The van der Waals surface area contributed by atoms with Crippen LogP contribution in [0.5, 0.6) is 5.75 Å². The fraction of sp³-hybridized carbons (Fsp3) is 0. The van der Waals surface area contributed by atoms with Crippen LogP contribution in [0.1, 0.15) is 5.56 Å². The Kier molecular flexibility index (Phi) is 2.42. The molecule has 0 spiro atoms. The highest BCUT2D eigenvalue weighted by atomic mass is 35.5. The molecule has 11 heavy (non-hydrogen) atoms. The second kappa shape index (κ2) is 3.16. The van der Waals surface area contributed by atoms with Gasteiger partial charge in [-0.2, -0.15) is 0 Å². The fourth-order valence-corrected chi connectivity index (χ4v) is 1.21. The molecule has 0 heterocycles. The van der Waals surface area contributed by atoms with E-state index in [-0.39, 0.29) is 15.8 Å². The number of hydrogen-bond donors (Lipinski definition) is 1. The van der Waals surface area contributed by atoms with Crippen LogP contribution in [0.4, 0.5) is 0 Å². The molecule has 1 N–H and O–H groups in total. The van der Waals surface area contributed by atoms with Gasteiger partial charge in [0.2, 0.25) is 0 Å². The third kappa shape index (κ3) is 1.67. The van der Waals surface area contributed by atoms with Crippen molar-refractivity contribution in [1.82, 2.24) is 0 Å². The Labute approximate surface area is 74.9 Å². The molecule has 1 nitrogen and oxygen atoms in total. The maximum atomic E-state index is 9.13. The van der Waals surface area contributed by atoms with Gasteiger partial charge in [-0.25, -0.2) is 0 Å². The van der Waals surface area contributed by atoms with E-state index in [4.69, 9.17) is 28.3 Å². The van der Waals surface area contributed by atoms with Crippen LogP contribution in [0.25, 0.3) is 6.08 Å². The van der Waals surface area contributed by atoms with Crippen molar-refractivity contribution in [3.63, 3.8) is 0 Å². The first-order chi connectivity index (χ1) is 5.15. The van der Waals surface area contributed by atoms with Crippen LogP contribution < -0.4 is 0 Å². The molecule has 0 aromatic heterocycles. The summed E-state index contributed by atoms with van der Waals surface area (Å²) in [6, 6.07) is 3.19. The maximum Gasteiger partial charge on any atom is 0.152 e. The number of aromatic hydroxyl groups is 1. The number of hydrogen-bond acceptors (Lipinski definition) is 1. The summed E-state index contributed by atoms with van der Waals surface area (Å²) in [6.07, 6.45) is 1.61. The van der Waals surface area contributed by atoms with Gasteiger partial charge in [-0.05, 0) is 17.7 Å². The van der Waals surface area contributed by atoms with Crippen molar-refractivity contribution in [2.75, 3.05) is 0 Å². The highest BCUT2D eigenvalue weighted by Crippen LogP contribution is 2.32. The molecule has 0 fully saturated rings. The summed E-state index contributed by atoms with van der Waals surface area (Å²) in [4.78, 5) is 0. The lowest BCUT2D eigenvalue weighted by atomic mass is 10.2. The first kappa shape index (κ1) is 8.44. The molecule has 0 atom stereocenters. The molecule has 0 amide bonds. The third-order valence-corrected chi connectivity index (χ3v) is 1.85. The SMILES string of the molecule is C=Cc1cc(Cl)c(O)c(Cl)c1. The Morgan fingerprint density at radius 1 is 1.27 bits per heavy atom. The molecule has 0 radical (unpaired) electrons. The van der Waals surface area contributed by atoms with Crippen LogP contribution in [-0.2, 0) is 0 Å². The van der Waals surface area contributed by atoms with Gasteiger partial charge in [-0.15, -0.1) is 0 Å². The number of phenolic OH excluding ortho intramolecular Hbond substituents is 1. The van der Waals surface area contributed by atoms with E-state index in [1.165, 1.54) is 0 Å². The Balaban J connectivity index is 3.31. The van der Waals surface area contributed by atoms with Gasteiger partial charge >= 0.3 is 0 Å². The van der Waals surface area contributed by atoms with Crippen LogP contribution in [-0.4, -0.2) is 5.11 Å². The minimum atomic E-state index is -0.0843. The molecule has 0 aliphatic heterocycles.